The van der Waals surface area contributed by atoms with E-state index < -0.39 is 0 Å². The number of aliphatic hydroxyl groups excluding tert-OH is 1. The summed E-state index contributed by atoms with van der Waals surface area (Å²) in [7, 11) is 0. The maximum absolute atomic E-state index is 11.6. The Hall–Kier alpha value is -0.910. The van der Waals surface area contributed by atoms with E-state index in [0.29, 0.717) is 12.0 Å². The van der Waals surface area contributed by atoms with Crippen LogP contribution in [0.5, 0.6) is 0 Å². The molecule has 0 aromatic rings. The van der Waals surface area contributed by atoms with Gasteiger partial charge in [0.25, 0.3) is 0 Å². The molecule has 5 heteroatoms. The summed E-state index contributed by atoms with van der Waals surface area (Å²) < 4.78 is 18.1. The van der Waals surface area contributed by atoms with E-state index in [0.717, 1.165) is 56.4 Å². The van der Waals surface area contributed by atoms with Crippen molar-refractivity contribution in [3.8, 4) is 0 Å². The fourth-order valence-electron chi connectivity index (χ4n) is 7.75. The molecule has 44 heavy (non-hydrogen) atoms. The number of hydrogen-bond acceptors (Lipinski definition) is 5. The molecule has 0 spiro atoms. The molecule has 0 bridgehead atoms. The van der Waals surface area contributed by atoms with Crippen molar-refractivity contribution in [2.24, 2.45) is 11.8 Å². The van der Waals surface area contributed by atoms with Gasteiger partial charge in [0.05, 0.1) is 30.5 Å². The van der Waals surface area contributed by atoms with Crippen molar-refractivity contribution in [3.05, 3.63) is 11.6 Å². The third-order valence-electron chi connectivity index (χ3n) is 10.7. The fraction of sp³-hybridized carbons (Fsp3) is 0.923. The number of esters is 1. The summed E-state index contributed by atoms with van der Waals surface area (Å²) in [5.41, 5.74) is 0.877. The van der Waals surface area contributed by atoms with Crippen LogP contribution in [0.2, 0.25) is 0 Å². The molecule has 0 radical (unpaired) electrons. The molecule has 0 amide bonds. The zero-order valence-electron chi connectivity index (χ0n) is 29.2. The van der Waals surface area contributed by atoms with Crippen LogP contribution in [0.3, 0.4) is 0 Å². The molecular weight excluding hydrogens is 548 g/mol. The molecule has 0 aliphatic carbocycles. The number of hydrogen-bond donors (Lipinski definition) is 1. The number of carbonyl (C=O) groups excluding carboxylic acids is 1. The summed E-state index contributed by atoms with van der Waals surface area (Å²) in [5.74, 6) is 1.38. The van der Waals surface area contributed by atoms with Crippen LogP contribution >= 0.6 is 0 Å². The maximum Gasteiger partial charge on any atom is 0.334 e. The normalized spacial score (nSPS) is 27.4. The summed E-state index contributed by atoms with van der Waals surface area (Å²) >= 11 is 0. The first-order chi connectivity index (χ1) is 21.4. The first-order valence-electron chi connectivity index (χ1n) is 19.3. The Balaban J connectivity index is 1.13. The summed E-state index contributed by atoms with van der Waals surface area (Å²) in [5, 5.41) is 10.8. The number of rotatable bonds is 25. The molecule has 3 aliphatic heterocycles. The van der Waals surface area contributed by atoms with Crippen LogP contribution in [0.4, 0.5) is 0 Å². The van der Waals surface area contributed by atoms with Gasteiger partial charge in [0.2, 0.25) is 0 Å². The van der Waals surface area contributed by atoms with Crippen molar-refractivity contribution in [2.45, 2.75) is 218 Å². The Bertz CT molecular complexity index is 795. The average Bonchev–Trinajstić information content (AvgIpc) is 3.76. The molecule has 5 nitrogen and oxygen atoms in total. The lowest BCUT2D eigenvalue weighted by Gasteiger charge is -2.25. The predicted molar refractivity (Wildman–Crippen MR) is 182 cm³/mol. The Morgan fingerprint density at radius 1 is 0.705 bits per heavy atom. The highest BCUT2D eigenvalue weighted by atomic mass is 16.6. The minimum atomic E-state index is -0.329. The van der Waals surface area contributed by atoms with E-state index in [9.17, 15) is 9.90 Å². The van der Waals surface area contributed by atoms with Crippen LogP contribution in [-0.2, 0) is 19.0 Å². The smallest absolute Gasteiger partial charge is 0.334 e. The Labute approximate surface area is 271 Å². The Morgan fingerprint density at radius 3 is 1.89 bits per heavy atom. The number of aliphatic hydroxyl groups is 1. The standard InChI is InChI=1S/C39H70O5/c1-5-6-7-16-20-30(2)21-19-22-31(3)35-25-27-37(43-35)38-28-26-36(44-38)34(40)24-18-15-13-11-9-8-10-12-14-17-23-33-29-32(4)42-39(33)41/h29-32,34-38,40H,5-28H2,1-4H3. The first-order valence-corrected chi connectivity index (χ1v) is 19.3. The van der Waals surface area contributed by atoms with Crippen LogP contribution in [0.15, 0.2) is 11.6 Å². The van der Waals surface area contributed by atoms with E-state index in [1.807, 2.05) is 13.0 Å². The lowest BCUT2D eigenvalue weighted by molar-refractivity contribution is -0.139. The molecule has 0 saturated carbocycles. The molecule has 8 unspecified atom stereocenters. The van der Waals surface area contributed by atoms with Crippen LogP contribution < -0.4 is 0 Å². The summed E-state index contributed by atoms with van der Waals surface area (Å²) in [6, 6.07) is 0. The zero-order chi connectivity index (χ0) is 31.6. The van der Waals surface area contributed by atoms with Crippen LogP contribution in [0, 0.1) is 11.8 Å². The van der Waals surface area contributed by atoms with E-state index >= 15 is 0 Å². The molecule has 2 saturated heterocycles. The van der Waals surface area contributed by atoms with Gasteiger partial charge in [-0.25, -0.2) is 4.79 Å². The quantitative estimate of drug-likeness (QED) is 0.0814. The molecule has 3 aliphatic rings. The Kier molecular flexibility index (Phi) is 18.6. The van der Waals surface area contributed by atoms with Gasteiger partial charge in [-0.1, -0.05) is 124 Å². The van der Waals surface area contributed by atoms with Crippen molar-refractivity contribution < 1.29 is 24.1 Å². The zero-order valence-corrected chi connectivity index (χ0v) is 29.2. The SMILES string of the molecule is CCCCCCC(C)CCCC(C)C1CCC(C2CCC(C(O)CCCCCCCCCCCCC3=CC(C)OC3=O)O2)O1. The van der Waals surface area contributed by atoms with Gasteiger partial charge in [-0.05, 0) is 76.2 Å². The van der Waals surface area contributed by atoms with E-state index in [2.05, 4.69) is 20.8 Å². The third kappa shape index (κ3) is 14.2. The molecule has 3 heterocycles. The lowest BCUT2D eigenvalue weighted by atomic mass is 9.91. The second kappa shape index (κ2) is 21.8. The van der Waals surface area contributed by atoms with Gasteiger partial charge in [0.1, 0.15) is 6.10 Å². The second-order valence-electron chi connectivity index (χ2n) is 14.9. The highest BCUT2D eigenvalue weighted by molar-refractivity contribution is 5.90. The van der Waals surface area contributed by atoms with Crippen molar-refractivity contribution in [1.29, 1.82) is 0 Å². The van der Waals surface area contributed by atoms with Gasteiger partial charge in [0, 0.05) is 5.57 Å². The van der Waals surface area contributed by atoms with Crippen molar-refractivity contribution in [2.75, 3.05) is 0 Å². The summed E-state index contributed by atoms with van der Waals surface area (Å²) in [6.07, 6.45) is 31.6. The molecule has 0 aromatic heterocycles. The largest absolute Gasteiger partial charge is 0.455 e. The number of unbranched alkanes of at least 4 members (excludes halogenated alkanes) is 12. The molecule has 3 rings (SSSR count). The molecule has 8 atom stereocenters. The van der Waals surface area contributed by atoms with Gasteiger partial charge < -0.3 is 19.3 Å². The molecule has 1 N–H and O–H groups in total. The number of carbonyl (C=O) groups is 1. The topological polar surface area (TPSA) is 65.0 Å². The molecule has 2 fully saturated rings. The van der Waals surface area contributed by atoms with Crippen molar-refractivity contribution in [3.63, 3.8) is 0 Å². The summed E-state index contributed by atoms with van der Waals surface area (Å²) in [4.78, 5) is 11.6. The van der Waals surface area contributed by atoms with Gasteiger partial charge in [-0.3, -0.25) is 0 Å². The van der Waals surface area contributed by atoms with Crippen molar-refractivity contribution in [1.82, 2.24) is 0 Å². The van der Waals surface area contributed by atoms with E-state index in [1.54, 1.807) is 0 Å². The second-order valence-corrected chi connectivity index (χ2v) is 14.9. The highest BCUT2D eigenvalue weighted by Gasteiger charge is 2.40. The number of cyclic esters (lactones) is 1. The summed E-state index contributed by atoms with van der Waals surface area (Å²) in [6.45, 7) is 9.04. The first kappa shape index (κ1) is 37.5. The van der Waals surface area contributed by atoms with Crippen LogP contribution in [-0.4, -0.2) is 47.7 Å². The molecule has 0 aromatic carbocycles. The maximum atomic E-state index is 11.6. The van der Waals surface area contributed by atoms with E-state index in [1.165, 1.54) is 109 Å². The monoisotopic (exact) mass is 619 g/mol. The van der Waals surface area contributed by atoms with Gasteiger partial charge in [-0.2, -0.15) is 0 Å². The lowest BCUT2D eigenvalue weighted by Crippen LogP contribution is -2.31. The van der Waals surface area contributed by atoms with E-state index in [-0.39, 0.29) is 36.5 Å². The highest BCUT2D eigenvalue weighted by Crippen LogP contribution is 2.36. The van der Waals surface area contributed by atoms with Gasteiger partial charge in [0.15, 0.2) is 0 Å². The molecule has 256 valence electrons. The predicted octanol–water partition coefficient (Wildman–Crippen LogP) is 10.4. The van der Waals surface area contributed by atoms with E-state index in [4.69, 9.17) is 14.2 Å². The minimum Gasteiger partial charge on any atom is -0.455 e. The average molecular weight is 619 g/mol. The van der Waals surface area contributed by atoms with Crippen LogP contribution in [0.25, 0.3) is 0 Å². The Morgan fingerprint density at radius 2 is 1.25 bits per heavy atom. The number of ether oxygens (including phenoxy) is 3. The van der Waals surface area contributed by atoms with Gasteiger partial charge in [-0.15, -0.1) is 0 Å². The van der Waals surface area contributed by atoms with Crippen molar-refractivity contribution >= 4 is 5.97 Å². The van der Waals surface area contributed by atoms with Gasteiger partial charge >= 0.3 is 5.97 Å². The van der Waals surface area contributed by atoms with Crippen LogP contribution in [0.1, 0.15) is 182 Å². The molecular formula is C39H70O5. The fourth-order valence-corrected chi connectivity index (χ4v) is 7.75. The third-order valence-corrected chi connectivity index (χ3v) is 10.7. The minimum absolute atomic E-state index is 0.00195.